The third-order valence-corrected chi connectivity index (χ3v) is 3.71. The molecule has 23 heavy (non-hydrogen) atoms. The average Bonchev–Trinajstić information content (AvgIpc) is 2.60. The molecule has 0 heterocycles. The van der Waals surface area contributed by atoms with Crippen LogP contribution in [0.25, 0.3) is 0 Å². The average molecular weight is 315 g/mol. The van der Waals surface area contributed by atoms with Gasteiger partial charge in [0, 0.05) is 0 Å². The second-order valence-corrected chi connectivity index (χ2v) is 5.22. The van der Waals surface area contributed by atoms with E-state index in [1.807, 2.05) is 30.3 Å². The molecule has 2 aromatic carbocycles. The van der Waals surface area contributed by atoms with Crippen LogP contribution in [0.3, 0.4) is 0 Å². The van der Waals surface area contributed by atoms with Crippen molar-refractivity contribution >= 4 is 5.91 Å². The van der Waals surface area contributed by atoms with Gasteiger partial charge in [0.2, 0.25) is 0 Å². The van der Waals surface area contributed by atoms with Gasteiger partial charge in [-0.2, -0.15) is 0 Å². The summed E-state index contributed by atoms with van der Waals surface area (Å²) in [5, 5.41) is 10.8. The number of amides is 1. The van der Waals surface area contributed by atoms with Crippen LogP contribution in [0, 0.1) is 0 Å². The number of carbonyl (C=O) groups excluding carboxylic acids is 1. The monoisotopic (exact) mass is 315 g/mol. The molecule has 1 N–H and O–H groups in total. The molecule has 5 heteroatoms. The van der Waals surface area contributed by atoms with Crippen LogP contribution >= 0.6 is 0 Å². The molecule has 5 nitrogen and oxygen atoms in total. The number of carbonyl (C=O) groups is 1. The highest BCUT2D eigenvalue weighted by Crippen LogP contribution is 2.31. The molecule has 0 aliphatic rings. The predicted octanol–water partition coefficient (Wildman–Crippen LogP) is 3.23. The first-order valence-corrected chi connectivity index (χ1v) is 7.33. The van der Waals surface area contributed by atoms with Crippen molar-refractivity contribution in [2.45, 2.75) is 19.4 Å². The first kappa shape index (κ1) is 16.8. The second kappa shape index (κ2) is 7.65. The number of methoxy groups -OCH3 is 2. The first-order chi connectivity index (χ1) is 11.1. The highest BCUT2D eigenvalue weighted by Gasteiger charge is 2.22. The van der Waals surface area contributed by atoms with E-state index in [0.29, 0.717) is 11.5 Å². The SMILES string of the molecule is COc1ccc(C(C)C(=O)N(O)Cc2ccccc2)cc1OC. The van der Waals surface area contributed by atoms with Crippen LogP contribution in [0.1, 0.15) is 24.0 Å². The maximum absolute atomic E-state index is 12.4. The van der Waals surface area contributed by atoms with Gasteiger partial charge in [-0.25, -0.2) is 5.06 Å². The minimum absolute atomic E-state index is 0.150. The lowest BCUT2D eigenvalue weighted by molar-refractivity contribution is -0.169. The Morgan fingerprint density at radius 2 is 1.74 bits per heavy atom. The summed E-state index contributed by atoms with van der Waals surface area (Å²) in [5.41, 5.74) is 1.61. The summed E-state index contributed by atoms with van der Waals surface area (Å²) in [6, 6.07) is 14.6. The zero-order chi connectivity index (χ0) is 16.8. The smallest absolute Gasteiger partial charge is 0.253 e. The van der Waals surface area contributed by atoms with E-state index in [9.17, 15) is 10.0 Å². The Balaban J connectivity index is 2.12. The second-order valence-electron chi connectivity index (χ2n) is 5.22. The van der Waals surface area contributed by atoms with E-state index in [4.69, 9.17) is 9.47 Å². The van der Waals surface area contributed by atoms with Crippen molar-refractivity contribution in [3.05, 3.63) is 59.7 Å². The minimum atomic E-state index is -0.497. The molecular formula is C18H21NO4. The molecule has 0 radical (unpaired) electrons. The van der Waals surface area contributed by atoms with Crippen LogP contribution in [0.4, 0.5) is 0 Å². The summed E-state index contributed by atoms with van der Waals surface area (Å²) >= 11 is 0. The van der Waals surface area contributed by atoms with E-state index in [-0.39, 0.29) is 12.5 Å². The summed E-state index contributed by atoms with van der Waals surface area (Å²) in [7, 11) is 3.10. The van der Waals surface area contributed by atoms with Gasteiger partial charge in [-0.1, -0.05) is 36.4 Å². The van der Waals surface area contributed by atoms with Gasteiger partial charge < -0.3 is 9.47 Å². The number of hydrogen-bond acceptors (Lipinski definition) is 4. The highest BCUT2D eigenvalue weighted by molar-refractivity contribution is 5.82. The van der Waals surface area contributed by atoms with Gasteiger partial charge in [0.15, 0.2) is 11.5 Å². The van der Waals surface area contributed by atoms with Crippen LogP contribution in [-0.2, 0) is 11.3 Å². The Morgan fingerprint density at radius 1 is 1.09 bits per heavy atom. The largest absolute Gasteiger partial charge is 0.493 e. The summed E-state index contributed by atoms with van der Waals surface area (Å²) in [5.74, 6) is 0.280. The molecule has 2 rings (SSSR count). The minimum Gasteiger partial charge on any atom is -0.493 e. The molecule has 0 saturated carbocycles. The van der Waals surface area contributed by atoms with E-state index in [1.165, 1.54) is 0 Å². The van der Waals surface area contributed by atoms with Gasteiger partial charge in [-0.15, -0.1) is 0 Å². The van der Waals surface area contributed by atoms with Crippen molar-refractivity contribution in [3.8, 4) is 11.5 Å². The van der Waals surface area contributed by atoms with Crippen LogP contribution in [-0.4, -0.2) is 30.4 Å². The number of ether oxygens (including phenoxy) is 2. The molecule has 122 valence electrons. The molecule has 1 unspecified atom stereocenters. The lowest BCUT2D eigenvalue weighted by Crippen LogP contribution is -2.30. The quantitative estimate of drug-likeness (QED) is 0.657. The third-order valence-electron chi connectivity index (χ3n) is 3.71. The fourth-order valence-corrected chi connectivity index (χ4v) is 2.32. The Morgan fingerprint density at radius 3 is 2.35 bits per heavy atom. The Hall–Kier alpha value is -2.53. The van der Waals surface area contributed by atoms with E-state index in [1.54, 1.807) is 39.3 Å². The van der Waals surface area contributed by atoms with E-state index in [2.05, 4.69) is 0 Å². The van der Waals surface area contributed by atoms with Crippen LogP contribution in [0.15, 0.2) is 48.5 Å². The topological polar surface area (TPSA) is 59.0 Å². The molecule has 1 amide bonds. The summed E-state index contributed by atoms with van der Waals surface area (Å²) in [6.07, 6.45) is 0. The lowest BCUT2D eigenvalue weighted by Gasteiger charge is -2.20. The first-order valence-electron chi connectivity index (χ1n) is 7.33. The van der Waals surface area contributed by atoms with Crippen LogP contribution in [0.2, 0.25) is 0 Å². The molecule has 0 aliphatic heterocycles. The summed E-state index contributed by atoms with van der Waals surface area (Å²) in [6.45, 7) is 1.90. The standard InChI is InChI=1S/C18H21NO4/c1-13(15-9-10-16(22-2)17(11-15)23-3)18(20)19(21)12-14-7-5-4-6-8-14/h4-11,13,21H,12H2,1-3H3. The van der Waals surface area contributed by atoms with E-state index < -0.39 is 5.92 Å². The third kappa shape index (κ3) is 4.02. The predicted molar refractivity (Wildman–Crippen MR) is 86.7 cm³/mol. The Labute approximate surface area is 136 Å². The van der Waals surface area contributed by atoms with Crippen molar-refractivity contribution in [3.63, 3.8) is 0 Å². The van der Waals surface area contributed by atoms with Gasteiger partial charge in [-0.3, -0.25) is 10.0 Å². The van der Waals surface area contributed by atoms with Crippen molar-refractivity contribution in [1.82, 2.24) is 5.06 Å². The fraction of sp³-hybridized carbons (Fsp3) is 0.278. The number of benzene rings is 2. The van der Waals surface area contributed by atoms with Gasteiger partial charge in [0.25, 0.3) is 5.91 Å². The maximum Gasteiger partial charge on any atom is 0.253 e. The van der Waals surface area contributed by atoms with Crippen molar-refractivity contribution < 1.29 is 19.5 Å². The highest BCUT2D eigenvalue weighted by atomic mass is 16.5. The molecule has 0 aliphatic carbocycles. The van der Waals surface area contributed by atoms with Gasteiger partial charge in [-0.05, 0) is 30.2 Å². The number of nitrogens with zero attached hydrogens (tertiary/aromatic N) is 1. The zero-order valence-electron chi connectivity index (χ0n) is 13.5. The van der Waals surface area contributed by atoms with Gasteiger partial charge in [0.1, 0.15) is 0 Å². The van der Waals surface area contributed by atoms with Gasteiger partial charge in [0.05, 0.1) is 26.7 Å². The molecule has 0 saturated heterocycles. The molecule has 1 atom stereocenters. The van der Waals surface area contributed by atoms with Crippen LogP contribution in [0.5, 0.6) is 11.5 Å². The lowest BCUT2D eigenvalue weighted by atomic mass is 9.99. The molecule has 0 spiro atoms. The molecule has 2 aromatic rings. The number of rotatable bonds is 6. The summed E-state index contributed by atoms with van der Waals surface area (Å²) < 4.78 is 10.4. The van der Waals surface area contributed by atoms with Crippen molar-refractivity contribution in [2.75, 3.05) is 14.2 Å². The van der Waals surface area contributed by atoms with Gasteiger partial charge >= 0.3 is 0 Å². The molecule has 0 bridgehead atoms. The fourth-order valence-electron chi connectivity index (χ4n) is 2.32. The number of hydroxylamine groups is 2. The summed E-state index contributed by atoms with van der Waals surface area (Å²) in [4.78, 5) is 12.4. The molecule has 0 aromatic heterocycles. The number of hydrogen-bond donors (Lipinski definition) is 1. The normalized spacial score (nSPS) is 11.7. The van der Waals surface area contributed by atoms with E-state index >= 15 is 0 Å². The molecule has 0 fully saturated rings. The Bertz CT molecular complexity index is 657. The Kier molecular flexibility index (Phi) is 5.60. The maximum atomic E-state index is 12.4. The molecular weight excluding hydrogens is 294 g/mol. The van der Waals surface area contributed by atoms with E-state index in [0.717, 1.165) is 16.2 Å². The van der Waals surface area contributed by atoms with Crippen LogP contribution < -0.4 is 9.47 Å². The van der Waals surface area contributed by atoms with Crippen molar-refractivity contribution in [1.29, 1.82) is 0 Å². The van der Waals surface area contributed by atoms with Crippen molar-refractivity contribution in [2.24, 2.45) is 0 Å². The zero-order valence-corrected chi connectivity index (χ0v) is 13.5.